The maximum absolute atomic E-state index is 12.1. The van der Waals surface area contributed by atoms with Crippen molar-refractivity contribution in [1.82, 2.24) is 0 Å². The molecule has 0 aliphatic heterocycles. The van der Waals surface area contributed by atoms with Gasteiger partial charge in [-0.15, -0.1) is 0 Å². The lowest BCUT2D eigenvalue weighted by molar-refractivity contribution is 0.603. The second-order valence-corrected chi connectivity index (χ2v) is 6.82. The van der Waals surface area contributed by atoms with Crippen LogP contribution >= 0.6 is 11.6 Å². The third kappa shape index (κ3) is 3.92. The van der Waals surface area contributed by atoms with Gasteiger partial charge >= 0.3 is 0 Å². The number of fused-ring (bicyclic) bond motifs is 1. The van der Waals surface area contributed by atoms with E-state index in [1.54, 1.807) is 5.41 Å². The smallest absolute Gasteiger partial charge is 0.135 e. The molecule has 0 amide bonds. The van der Waals surface area contributed by atoms with E-state index >= 15 is 0 Å². The Kier molecular flexibility index (Phi) is 4.84. The predicted molar refractivity (Wildman–Crippen MR) is 96.3 cm³/mol. The first-order chi connectivity index (χ1) is 10.7. The lowest BCUT2D eigenvalue weighted by Crippen LogP contribution is -1.99. The Morgan fingerprint density at radius 1 is 0.909 bits per heavy atom. The van der Waals surface area contributed by atoms with E-state index in [1.165, 1.54) is 10.8 Å². The van der Waals surface area contributed by atoms with Gasteiger partial charge in [0.25, 0.3) is 0 Å². The molecule has 0 heterocycles. The van der Waals surface area contributed by atoms with Crippen LogP contribution in [0, 0.1) is 0 Å². The second-order valence-electron chi connectivity index (χ2n) is 5.06. The Labute approximate surface area is 138 Å². The van der Waals surface area contributed by atoms with Crippen molar-refractivity contribution in [3.63, 3.8) is 0 Å². The summed E-state index contributed by atoms with van der Waals surface area (Å²) in [5, 5.41) is 4.84. The molecule has 22 heavy (non-hydrogen) atoms. The molecule has 110 valence electrons. The van der Waals surface area contributed by atoms with Crippen LogP contribution in [0.5, 0.6) is 0 Å². The Morgan fingerprint density at radius 3 is 2.41 bits per heavy atom. The number of rotatable bonds is 4. The highest BCUT2D eigenvalue weighted by Gasteiger charge is 2.04. The molecule has 1 atom stereocenters. The van der Waals surface area contributed by atoms with Gasteiger partial charge in [0, 0.05) is 10.6 Å². The average Bonchev–Trinajstić information content (AvgIpc) is 2.55. The number of hydrogen-bond acceptors (Lipinski definition) is 1. The molecule has 3 aromatic carbocycles. The zero-order valence-corrected chi connectivity index (χ0v) is 13.5. The van der Waals surface area contributed by atoms with Gasteiger partial charge in [0.2, 0.25) is 0 Å². The van der Waals surface area contributed by atoms with Gasteiger partial charge in [0.1, 0.15) is 11.2 Å². The lowest BCUT2D eigenvalue weighted by Gasteiger charge is -2.06. The van der Waals surface area contributed by atoms with Crippen molar-refractivity contribution < 1.29 is 4.55 Å². The molecule has 3 heteroatoms. The lowest BCUT2D eigenvalue weighted by atomic mass is 10.1. The number of halogens is 1. The van der Waals surface area contributed by atoms with Crippen LogP contribution in [0.15, 0.2) is 72.1 Å². The molecule has 0 N–H and O–H groups in total. The fraction of sp³-hybridized carbons (Fsp3) is 0.0526. The van der Waals surface area contributed by atoms with E-state index in [0.717, 1.165) is 11.1 Å². The standard InChI is InChI=1S/C19H15ClOS/c20-19-9-6-16(7-10-19)14-22(21)12-11-15-5-8-17-3-1-2-4-18(17)13-15/h1-13H,14H2/b12-11+. The summed E-state index contributed by atoms with van der Waals surface area (Å²) in [7, 11) is 0. The molecular formula is C19H15ClOS. The van der Waals surface area contributed by atoms with E-state index in [9.17, 15) is 4.55 Å². The van der Waals surface area contributed by atoms with Crippen molar-refractivity contribution >= 4 is 39.6 Å². The van der Waals surface area contributed by atoms with Crippen LogP contribution in [0.4, 0.5) is 0 Å². The van der Waals surface area contributed by atoms with E-state index in [2.05, 4.69) is 24.3 Å². The highest BCUT2D eigenvalue weighted by Crippen LogP contribution is 2.18. The molecule has 0 saturated carbocycles. The summed E-state index contributed by atoms with van der Waals surface area (Å²) in [6, 6.07) is 21.9. The molecule has 0 fully saturated rings. The van der Waals surface area contributed by atoms with E-state index in [0.29, 0.717) is 10.8 Å². The van der Waals surface area contributed by atoms with Crippen LogP contribution in [0.25, 0.3) is 16.8 Å². The average molecular weight is 327 g/mol. The molecule has 1 nitrogen and oxygen atoms in total. The van der Waals surface area contributed by atoms with Crippen molar-refractivity contribution in [1.29, 1.82) is 0 Å². The van der Waals surface area contributed by atoms with Crippen molar-refractivity contribution in [2.75, 3.05) is 0 Å². The van der Waals surface area contributed by atoms with Gasteiger partial charge < -0.3 is 4.55 Å². The summed E-state index contributed by atoms with van der Waals surface area (Å²) in [6.07, 6.45) is 1.92. The molecule has 1 unspecified atom stereocenters. The van der Waals surface area contributed by atoms with Crippen LogP contribution in [0.2, 0.25) is 5.02 Å². The topological polar surface area (TPSA) is 23.1 Å². The summed E-state index contributed by atoms with van der Waals surface area (Å²) in [5.41, 5.74) is 2.08. The minimum atomic E-state index is -1.04. The molecule has 0 spiro atoms. The molecule has 0 aliphatic carbocycles. The molecule has 0 saturated heterocycles. The number of benzene rings is 3. The van der Waals surface area contributed by atoms with E-state index in [1.807, 2.05) is 48.5 Å². The Hall–Kier alpha value is -1.74. The fourth-order valence-electron chi connectivity index (χ4n) is 2.26. The van der Waals surface area contributed by atoms with E-state index in [4.69, 9.17) is 11.6 Å². The summed E-state index contributed by atoms with van der Waals surface area (Å²) in [4.78, 5) is 0. The molecule has 0 radical (unpaired) electrons. The van der Waals surface area contributed by atoms with E-state index < -0.39 is 11.2 Å². The van der Waals surface area contributed by atoms with E-state index in [-0.39, 0.29) is 0 Å². The number of hydrogen-bond donors (Lipinski definition) is 0. The Bertz CT molecular complexity index is 796. The van der Waals surface area contributed by atoms with Gasteiger partial charge in [-0.25, -0.2) is 0 Å². The SMILES string of the molecule is [O-][S+](/C=C/c1ccc2ccccc2c1)Cc1ccc(Cl)cc1. The van der Waals surface area contributed by atoms with Crippen LogP contribution in [-0.4, -0.2) is 4.55 Å². The third-order valence-electron chi connectivity index (χ3n) is 3.41. The van der Waals surface area contributed by atoms with Gasteiger partial charge in [-0.05, 0) is 51.8 Å². The zero-order valence-electron chi connectivity index (χ0n) is 11.9. The zero-order chi connectivity index (χ0) is 15.4. The first-order valence-electron chi connectivity index (χ1n) is 6.99. The van der Waals surface area contributed by atoms with Crippen molar-refractivity contribution in [3.8, 4) is 0 Å². The monoisotopic (exact) mass is 326 g/mol. The van der Waals surface area contributed by atoms with Gasteiger partial charge in [0.15, 0.2) is 0 Å². The Morgan fingerprint density at radius 2 is 1.64 bits per heavy atom. The van der Waals surface area contributed by atoms with Crippen molar-refractivity contribution in [2.45, 2.75) is 5.75 Å². The van der Waals surface area contributed by atoms with Gasteiger partial charge in [-0.2, -0.15) is 0 Å². The summed E-state index contributed by atoms with van der Waals surface area (Å²) in [5.74, 6) is 0.501. The largest absolute Gasteiger partial charge is 0.612 e. The minimum Gasteiger partial charge on any atom is -0.612 e. The highest BCUT2D eigenvalue weighted by atomic mass is 35.5. The molecule has 0 bridgehead atoms. The summed E-state index contributed by atoms with van der Waals surface area (Å²) >= 11 is 4.81. The quantitative estimate of drug-likeness (QED) is 0.588. The molecular weight excluding hydrogens is 312 g/mol. The van der Waals surface area contributed by atoms with Gasteiger partial charge in [0.05, 0.1) is 0 Å². The molecule has 0 aromatic heterocycles. The second kappa shape index (κ2) is 7.01. The normalized spacial score (nSPS) is 12.8. The Balaban J connectivity index is 1.70. The van der Waals surface area contributed by atoms with Gasteiger partial charge in [-0.3, -0.25) is 0 Å². The van der Waals surface area contributed by atoms with Crippen LogP contribution in [-0.2, 0) is 16.9 Å². The summed E-state index contributed by atoms with van der Waals surface area (Å²) in [6.45, 7) is 0. The maximum atomic E-state index is 12.1. The molecule has 0 aliphatic rings. The fourth-order valence-corrected chi connectivity index (χ4v) is 3.31. The maximum Gasteiger partial charge on any atom is 0.135 e. The van der Waals surface area contributed by atoms with Crippen molar-refractivity contribution in [3.05, 3.63) is 88.3 Å². The predicted octanol–water partition coefficient (Wildman–Crippen LogP) is 5.41. The molecule has 3 rings (SSSR count). The first kappa shape index (κ1) is 15.2. The van der Waals surface area contributed by atoms with Crippen molar-refractivity contribution in [2.24, 2.45) is 0 Å². The first-order valence-corrected chi connectivity index (χ1v) is 8.75. The van der Waals surface area contributed by atoms with Crippen LogP contribution < -0.4 is 0 Å². The third-order valence-corrected chi connectivity index (χ3v) is 4.72. The summed E-state index contributed by atoms with van der Waals surface area (Å²) < 4.78 is 12.1. The van der Waals surface area contributed by atoms with Gasteiger partial charge in [-0.1, -0.05) is 60.1 Å². The minimum absolute atomic E-state index is 0.501. The van der Waals surface area contributed by atoms with Crippen LogP contribution in [0.1, 0.15) is 11.1 Å². The highest BCUT2D eigenvalue weighted by molar-refractivity contribution is 7.93. The van der Waals surface area contributed by atoms with Crippen LogP contribution in [0.3, 0.4) is 0 Å². The molecule has 3 aromatic rings.